The van der Waals surface area contributed by atoms with Crippen LogP contribution in [0.15, 0.2) is 30.3 Å². The van der Waals surface area contributed by atoms with Gasteiger partial charge in [0.1, 0.15) is 0 Å². The van der Waals surface area contributed by atoms with Crippen LogP contribution in [0.5, 0.6) is 0 Å². The van der Waals surface area contributed by atoms with Gasteiger partial charge in [-0.3, -0.25) is 10.3 Å². The average Bonchev–Trinajstić information content (AvgIpc) is 2.42. The minimum absolute atomic E-state index is 0.0809. The zero-order chi connectivity index (χ0) is 14.1. The van der Waals surface area contributed by atoms with Crippen molar-refractivity contribution in [3.05, 3.63) is 35.9 Å². The summed E-state index contributed by atoms with van der Waals surface area (Å²) in [6, 6.07) is 10.2. The zero-order valence-electron chi connectivity index (χ0n) is 11.7. The van der Waals surface area contributed by atoms with Gasteiger partial charge in [0.25, 0.3) is 0 Å². The fraction of sp³-hybridized carbons (Fsp3) is 0.533. The predicted octanol–water partition coefficient (Wildman–Crippen LogP) is 2.15. The van der Waals surface area contributed by atoms with Gasteiger partial charge in [-0.15, -0.1) is 0 Å². The molecule has 4 heteroatoms. The molecular formula is C15H25N3O. The quantitative estimate of drug-likeness (QED) is 0.472. The molecule has 0 heterocycles. The summed E-state index contributed by atoms with van der Waals surface area (Å²) in [7, 11) is 0. The van der Waals surface area contributed by atoms with Gasteiger partial charge < -0.3 is 10.8 Å². The number of aliphatic hydroxyl groups is 1. The van der Waals surface area contributed by atoms with Crippen molar-refractivity contribution in [2.45, 2.75) is 32.2 Å². The Morgan fingerprint density at radius 2 is 2.00 bits per heavy atom. The predicted molar refractivity (Wildman–Crippen MR) is 79.3 cm³/mol. The lowest BCUT2D eigenvalue weighted by Gasteiger charge is -2.31. The number of benzene rings is 1. The summed E-state index contributed by atoms with van der Waals surface area (Å²) in [6.45, 7) is 3.82. The summed E-state index contributed by atoms with van der Waals surface area (Å²) in [6.07, 6.45) is 2.71. The maximum atomic E-state index is 9.24. The molecule has 0 radical (unpaired) electrons. The zero-order valence-corrected chi connectivity index (χ0v) is 11.7. The molecule has 0 aromatic heterocycles. The number of nitrogens with zero attached hydrogens (tertiary/aromatic N) is 1. The van der Waals surface area contributed by atoms with Crippen molar-refractivity contribution < 1.29 is 5.11 Å². The third kappa shape index (κ3) is 5.41. The molecule has 0 aliphatic rings. The van der Waals surface area contributed by atoms with Crippen LogP contribution in [-0.4, -0.2) is 35.5 Å². The summed E-state index contributed by atoms with van der Waals surface area (Å²) < 4.78 is 0. The van der Waals surface area contributed by atoms with Crippen LogP contribution >= 0.6 is 0 Å². The van der Waals surface area contributed by atoms with Gasteiger partial charge in [0.2, 0.25) is 0 Å². The lowest BCUT2D eigenvalue weighted by atomic mass is 10.0. The van der Waals surface area contributed by atoms with E-state index in [0.29, 0.717) is 13.0 Å². The largest absolute Gasteiger partial charge is 0.395 e. The maximum Gasteiger partial charge on any atom is 0.0924 e. The van der Waals surface area contributed by atoms with Crippen LogP contribution in [0.1, 0.15) is 37.8 Å². The molecule has 1 aromatic carbocycles. The number of nitrogens with two attached hydrogens (primary N) is 1. The van der Waals surface area contributed by atoms with E-state index in [1.54, 1.807) is 0 Å². The summed E-state index contributed by atoms with van der Waals surface area (Å²) in [5.74, 6) is 0.188. The molecule has 106 valence electrons. The SMILES string of the molecule is CCCCN(CCO)C(CC(=N)N)c1ccccc1. The first-order valence-corrected chi connectivity index (χ1v) is 6.91. The van der Waals surface area contributed by atoms with Gasteiger partial charge in [-0.05, 0) is 18.5 Å². The van der Waals surface area contributed by atoms with E-state index >= 15 is 0 Å². The van der Waals surface area contributed by atoms with Crippen LogP contribution in [0, 0.1) is 5.41 Å². The Kier molecular flexibility index (Phi) is 7.15. The Balaban J connectivity index is 2.88. The van der Waals surface area contributed by atoms with Crippen molar-refractivity contribution >= 4 is 5.84 Å². The van der Waals surface area contributed by atoms with E-state index in [1.807, 2.05) is 18.2 Å². The molecule has 0 saturated carbocycles. The normalized spacial score (nSPS) is 12.6. The van der Waals surface area contributed by atoms with Gasteiger partial charge in [0, 0.05) is 19.0 Å². The first kappa shape index (κ1) is 15.7. The van der Waals surface area contributed by atoms with E-state index in [9.17, 15) is 5.11 Å². The second-order valence-electron chi connectivity index (χ2n) is 4.77. The summed E-state index contributed by atoms with van der Waals surface area (Å²) in [4.78, 5) is 2.22. The highest BCUT2D eigenvalue weighted by atomic mass is 16.3. The Labute approximate surface area is 115 Å². The summed E-state index contributed by atoms with van der Waals surface area (Å²) in [5.41, 5.74) is 6.74. The van der Waals surface area contributed by atoms with Crippen molar-refractivity contribution in [3.63, 3.8) is 0 Å². The van der Waals surface area contributed by atoms with E-state index in [4.69, 9.17) is 11.1 Å². The number of hydrogen-bond donors (Lipinski definition) is 3. The lowest BCUT2D eigenvalue weighted by molar-refractivity contribution is 0.150. The van der Waals surface area contributed by atoms with Crippen molar-refractivity contribution in [2.75, 3.05) is 19.7 Å². The van der Waals surface area contributed by atoms with Crippen molar-refractivity contribution in [1.82, 2.24) is 4.90 Å². The summed E-state index contributed by atoms with van der Waals surface area (Å²) in [5, 5.41) is 16.8. The van der Waals surface area contributed by atoms with Crippen LogP contribution < -0.4 is 5.73 Å². The van der Waals surface area contributed by atoms with Crippen molar-refractivity contribution in [1.29, 1.82) is 5.41 Å². The van der Waals surface area contributed by atoms with E-state index in [1.165, 1.54) is 0 Å². The monoisotopic (exact) mass is 263 g/mol. The van der Waals surface area contributed by atoms with Gasteiger partial charge >= 0.3 is 0 Å². The van der Waals surface area contributed by atoms with Crippen LogP contribution in [-0.2, 0) is 0 Å². The van der Waals surface area contributed by atoms with Gasteiger partial charge in [-0.2, -0.15) is 0 Å². The maximum absolute atomic E-state index is 9.24. The third-order valence-corrected chi connectivity index (χ3v) is 3.22. The minimum atomic E-state index is 0.0809. The molecule has 0 amide bonds. The molecule has 0 bridgehead atoms. The van der Waals surface area contributed by atoms with E-state index < -0.39 is 0 Å². The number of rotatable bonds is 9. The van der Waals surface area contributed by atoms with Gasteiger partial charge in [-0.25, -0.2) is 0 Å². The Hall–Kier alpha value is -1.39. The fourth-order valence-corrected chi connectivity index (χ4v) is 2.25. The van der Waals surface area contributed by atoms with E-state index in [0.717, 1.165) is 24.9 Å². The Morgan fingerprint density at radius 3 is 2.53 bits per heavy atom. The van der Waals surface area contributed by atoms with Crippen LogP contribution in [0.4, 0.5) is 0 Å². The highest BCUT2D eigenvalue weighted by molar-refractivity contribution is 5.77. The van der Waals surface area contributed by atoms with Crippen LogP contribution in [0.3, 0.4) is 0 Å². The van der Waals surface area contributed by atoms with Crippen LogP contribution in [0.2, 0.25) is 0 Å². The lowest BCUT2D eigenvalue weighted by Crippen LogP contribution is -2.34. The van der Waals surface area contributed by atoms with Gasteiger partial charge in [0.15, 0.2) is 0 Å². The second-order valence-corrected chi connectivity index (χ2v) is 4.77. The molecule has 1 rings (SSSR count). The first-order valence-electron chi connectivity index (χ1n) is 6.91. The Bertz CT molecular complexity index is 367. The number of unbranched alkanes of at least 4 members (excludes halogenated alkanes) is 1. The van der Waals surface area contributed by atoms with Gasteiger partial charge in [0.05, 0.1) is 12.4 Å². The number of nitrogens with one attached hydrogen (secondary N) is 1. The topological polar surface area (TPSA) is 73.3 Å². The molecule has 4 nitrogen and oxygen atoms in total. The van der Waals surface area contributed by atoms with Crippen molar-refractivity contribution in [3.8, 4) is 0 Å². The standard InChI is InChI=1S/C15H25N3O/c1-2-3-9-18(10-11-19)14(12-15(16)17)13-7-5-4-6-8-13/h4-8,14,19H,2-3,9-12H2,1H3,(H3,16,17). The highest BCUT2D eigenvalue weighted by Gasteiger charge is 2.20. The summed E-state index contributed by atoms with van der Waals surface area (Å²) >= 11 is 0. The number of aliphatic hydroxyl groups excluding tert-OH is 1. The average molecular weight is 263 g/mol. The fourth-order valence-electron chi connectivity index (χ4n) is 2.25. The molecule has 4 N–H and O–H groups in total. The smallest absolute Gasteiger partial charge is 0.0924 e. The molecule has 1 aromatic rings. The molecule has 19 heavy (non-hydrogen) atoms. The molecule has 0 fully saturated rings. The molecule has 0 aliphatic carbocycles. The first-order chi connectivity index (χ1) is 9.19. The molecule has 0 spiro atoms. The molecule has 1 unspecified atom stereocenters. The minimum Gasteiger partial charge on any atom is -0.395 e. The third-order valence-electron chi connectivity index (χ3n) is 3.22. The number of hydrogen-bond acceptors (Lipinski definition) is 3. The van der Waals surface area contributed by atoms with Crippen LogP contribution in [0.25, 0.3) is 0 Å². The molecule has 1 atom stereocenters. The molecule has 0 aliphatic heterocycles. The highest BCUT2D eigenvalue weighted by Crippen LogP contribution is 2.24. The van der Waals surface area contributed by atoms with E-state index in [2.05, 4.69) is 24.0 Å². The van der Waals surface area contributed by atoms with E-state index in [-0.39, 0.29) is 18.5 Å². The number of amidine groups is 1. The van der Waals surface area contributed by atoms with Gasteiger partial charge in [-0.1, -0.05) is 43.7 Å². The molecular weight excluding hydrogens is 238 g/mol. The van der Waals surface area contributed by atoms with Crippen molar-refractivity contribution in [2.24, 2.45) is 5.73 Å². The Morgan fingerprint density at radius 1 is 1.32 bits per heavy atom. The molecule has 0 saturated heterocycles. The second kappa shape index (κ2) is 8.67.